The number of benzene rings is 2. The minimum absolute atomic E-state index is 0.147. The van der Waals surface area contributed by atoms with Gasteiger partial charge < -0.3 is 15.0 Å². The predicted molar refractivity (Wildman–Crippen MR) is 119 cm³/mol. The largest absolute Gasteiger partial charge is 0.425 e. The molecule has 2 fully saturated rings. The summed E-state index contributed by atoms with van der Waals surface area (Å²) in [6.07, 6.45) is 7.40. The normalized spacial score (nSPS) is 27.0. The Bertz CT molecular complexity index is 989. The first kappa shape index (κ1) is 20.3. The van der Waals surface area contributed by atoms with Gasteiger partial charge in [0.05, 0.1) is 0 Å². The summed E-state index contributed by atoms with van der Waals surface area (Å²) in [5.41, 5.74) is 3.57. The van der Waals surface area contributed by atoms with E-state index in [-0.39, 0.29) is 17.9 Å². The first-order valence-corrected chi connectivity index (χ1v) is 11.4. The molecule has 31 heavy (non-hydrogen) atoms. The number of piperidine rings is 1. The van der Waals surface area contributed by atoms with Gasteiger partial charge in [0.25, 0.3) is 5.91 Å². The Balaban J connectivity index is 1.31. The van der Waals surface area contributed by atoms with Crippen molar-refractivity contribution in [3.8, 4) is 5.75 Å². The summed E-state index contributed by atoms with van der Waals surface area (Å²) in [6, 6.07) is 15.7. The van der Waals surface area contributed by atoms with E-state index in [0.717, 1.165) is 13.0 Å². The second-order valence-corrected chi connectivity index (χ2v) is 9.35. The minimum Gasteiger partial charge on any atom is -0.425 e. The van der Waals surface area contributed by atoms with Gasteiger partial charge in [0.15, 0.2) is 0 Å². The van der Waals surface area contributed by atoms with E-state index >= 15 is 0 Å². The molecule has 0 radical (unpaired) electrons. The molecule has 1 amide bonds. The lowest BCUT2D eigenvalue weighted by Crippen LogP contribution is -2.59. The van der Waals surface area contributed by atoms with Crippen LogP contribution in [0.15, 0.2) is 48.5 Å². The number of ether oxygens (including phenoxy) is 1. The van der Waals surface area contributed by atoms with E-state index < -0.39 is 5.97 Å². The monoisotopic (exact) mass is 418 g/mol. The average molecular weight is 419 g/mol. The average Bonchev–Trinajstić information content (AvgIpc) is 2.80. The van der Waals surface area contributed by atoms with Gasteiger partial charge in [-0.3, -0.25) is 4.79 Å². The first-order valence-electron chi connectivity index (χ1n) is 11.4. The molecule has 3 aliphatic rings. The third-order valence-corrected chi connectivity index (χ3v) is 7.75. The number of likely N-dealkylation sites (tertiary alicyclic amines) is 1. The lowest BCUT2D eigenvalue weighted by Gasteiger charge is -2.58. The molecule has 162 valence electrons. The lowest BCUT2D eigenvalue weighted by molar-refractivity contribution is -0.133. The van der Waals surface area contributed by atoms with Crippen molar-refractivity contribution in [3.05, 3.63) is 65.2 Å². The molecule has 1 saturated heterocycles. The van der Waals surface area contributed by atoms with Crippen molar-refractivity contribution in [2.75, 3.05) is 20.1 Å². The van der Waals surface area contributed by atoms with E-state index in [1.165, 1.54) is 43.2 Å². The van der Waals surface area contributed by atoms with Gasteiger partial charge in [0.1, 0.15) is 12.3 Å². The smallest absolute Gasteiger partial charge is 0.330 e. The number of hydrogen-bond acceptors (Lipinski definition) is 4. The Morgan fingerprint density at radius 1 is 1.13 bits per heavy atom. The highest BCUT2D eigenvalue weighted by Gasteiger charge is 2.53. The van der Waals surface area contributed by atoms with Crippen molar-refractivity contribution in [1.82, 2.24) is 10.2 Å². The maximum atomic E-state index is 12.4. The summed E-state index contributed by atoms with van der Waals surface area (Å²) in [6.45, 7) is 0.988. The standard InChI is InChI=1S/C26H30N2O3/c1-28-14-13-26-12-6-5-9-21(26)23(28)15-19-10-11-20(16-22(19)26)31-24(29)17-27-25(30)18-7-3-2-4-8-18/h2-4,7-8,10-11,16,21,23H,5-6,9,12-15,17H2,1H3,(H,27,30)/t21-,23+,26+/m0/s1. The molecular formula is C26H30N2O3. The fourth-order valence-corrected chi connectivity index (χ4v) is 6.25. The number of carbonyl (C=O) groups excluding carboxylic acids is 2. The van der Waals surface area contributed by atoms with E-state index in [1.54, 1.807) is 24.3 Å². The quantitative estimate of drug-likeness (QED) is 0.608. The van der Waals surface area contributed by atoms with Gasteiger partial charge in [0.2, 0.25) is 0 Å². The number of rotatable bonds is 4. The van der Waals surface area contributed by atoms with Gasteiger partial charge in [-0.15, -0.1) is 0 Å². The summed E-state index contributed by atoms with van der Waals surface area (Å²) in [5.74, 6) is 0.570. The van der Waals surface area contributed by atoms with Gasteiger partial charge in [-0.2, -0.15) is 0 Å². The second kappa shape index (κ2) is 8.12. The summed E-state index contributed by atoms with van der Waals surface area (Å²) in [5, 5.41) is 2.65. The molecule has 1 heterocycles. The fraction of sp³-hybridized carbons (Fsp3) is 0.462. The maximum Gasteiger partial charge on any atom is 0.330 e. The molecule has 1 N–H and O–H groups in total. The molecule has 5 rings (SSSR count). The zero-order chi connectivity index (χ0) is 21.4. The van der Waals surface area contributed by atoms with Crippen LogP contribution in [0, 0.1) is 5.92 Å². The summed E-state index contributed by atoms with van der Waals surface area (Å²) < 4.78 is 5.64. The van der Waals surface area contributed by atoms with Crippen LogP contribution in [0.5, 0.6) is 5.75 Å². The van der Waals surface area contributed by atoms with Crippen molar-refractivity contribution in [2.24, 2.45) is 5.92 Å². The number of nitrogens with one attached hydrogen (secondary N) is 1. The van der Waals surface area contributed by atoms with Crippen LogP contribution in [-0.2, 0) is 16.6 Å². The highest BCUT2D eigenvalue weighted by atomic mass is 16.5. The number of nitrogens with zero attached hydrogens (tertiary/aromatic N) is 1. The third-order valence-electron chi connectivity index (χ3n) is 7.75. The van der Waals surface area contributed by atoms with Crippen LogP contribution < -0.4 is 10.1 Å². The van der Waals surface area contributed by atoms with Crippen molar-refractivity contribution in [3.63, 3.8) is 0 Å². The Morgan fingerprint density at radius 3 is 2.81 bits per heavy atom. The molecule has 0 unspecified atom stereocenters. The zero-order valence-corrected chi connectivity index (χ0v) is 18.1. The van der Waals surface area contributed by atoms with E-state index in [1.807, 2.05) is 12.1 Å². The van der Waals surface area contributed by atoms with Crippen molar-refractivity contribution in [2.45, 2.75) is 50.0 Å². The molecule has 2 bridgehead atoms. The SMILES string of the molecule is CN1CC[C@]23CCCC[C@H]2[C@H]1Cc1ccc(OC(=O)CNC(=O)c2ccccc2)cc13. The van der Waals surface area contributed by atoms with Gasteiger partial charge in [-0.1, -0.05) is 37.1 Å². The number of likely N-dealkylation sites (N-methyl/N-ethyl adjacent to an activating group) is 1. The topological polar surface area (TPSA) is 58.6 Å². The summed E-state index contributed by atoms with van der Waals surface area (Å²) in [4.78, 5) is 27.1. The van der Waals surface area contributed by atoms with Gasteiger partial charge in [0, 0.05) is 17.0 Å². The first-order chi connectivity index (χ1) is 15.1. The molecular weight excluding hydrogens is 388 g/mol. The number of amides is 1. The molecule has 0 aromatic heterocycles. The predicted octanol–water partition coefficient (Wildman–Crippen LogP) is 3.71. The van der Waals surface area contributed by atoms with Crippen LogP contribution in [0.3, 0.4) is 0 Å². The molecule has 1 aliphatic heterocycles. The summed E-state index contributed by atoms with van der Waals surface area (Å²) in [7, 11) is 2.27. The van der Waals surface area contributed by atoms with Crippen molar-refractivity contribution < 1.29 is 14.3 Å². The minimum atomic E-state index is -0.445. The van der Waals surface area contributed by atoms with Crippen LogP contribution in [0.25, 0.3) is 0 Å². The van der Waals surface area contributed by atoms with Crippen LogP contribution in [0.2, 0.25) is 0 Å². The van der Waals surface area contributed by atoms with Crippen LogP contribution in [0.4, 0.5) is 0 Å². The van der Waals surface area contributed by atoms with E-state index in [2.05, 4.69) is 29.4 Å². The Kier molecular flexibility index (Phi) is 5.30. The van der Waals surface area contributed by atoms with Gasteiger partial charge in [-0.05, 0) is 80.6 Å². The molecule has 3 atom stereocenters. The number of hydrogen-bond donors (Lipinski definition) is 1. The van der Waals surface area contributed by atoms with Crippen LogP contribution in [-0.4, -0.2) is 43.0 Å². The molecule has 2 aromatic rings. The highest BCUT2D eigenvalue weighted by molar-refractivity contribution is 5.96. The van der Waals surface area contributed by atoms with Gasteiger partial charge in [-0.25, -0.2) is 4.79 Å². The number of esters is 1. The molecule has 2 aliphatic carbocycles. The second-order valence-electron chi connectivity index (χ2n) is 9.35. The molecule has 0 spiro atoms. The molecule has 1 saturated carbocycles. The van der Waals surface area contributed by atoms with Crippen molar-refractivity contribution in [1.29, 1.82) is 0 Å². The van der Waals surface area contributed by atoms with Gasteiger partial charge >= 0.3 is 5.97 Å². The van der Waals surface area contributed by atoms with Crippen LogP contribution >= 0.6 is 0 Å². The zero-order valence-electron chi connectivity index (χ0n) is 18.1. The van der Waals surface area contributed by atoms with E-state index in [0.29, 0.717) is 23.3 Å². The van der Waals surface area contributed by atoms with E-state index in [4.69, 9.17) is 4.74 Å². The molecule has 2 aromatic carbocycles. The highest BCUT2D eigenvalue weighted by Crippen LogP contribution is 2.55. The fourth-order valence-electron chi connectivity index (χ4n) is 6.25. The third kappa shape index (κ3) is 3.65. The van der Waals surface area contributed by atoms with Crippen LogP contribution in [0.1, 0.15) is 53.6 Å². The number of carbonyl (C=O) groups is 2. The Labute approximate surface area is 183 Å². The Hall–Kier alpha value is -2.66. The number of fused-ring (bicyclic) bond motifs is 1. The summed E-state index contributed by atoms with van der Waals surface area (Å²) >= 11 is 0. The lowest BCUT2D eigenvalue weighted by atomic mass is 9.52. The molecule has 5 heteroatoms. The van der Waals surface area contributed by atoms with E-state index in [9.17, 15) is 9.59 Å². The Morgan fingerprint density at radius 2 is 1.97 bits per heavy atom. The van der Waals surface area contributed by atoms with Crippen molar-refractivity contribution >= 4 is 11.9 Å². The molecule has 5 nitrogen and oxygen atoms in total. The maximum absolute atomic E-state index is 12.4.